The average Bonchev–Trinajstić information content (AvgIpc) is 2.84. The molecule has 0 saturated heterocycles. The molecule has 0 radical (unpaired) electrons. The molecular formula is C13H17ClN2O3S. The fourth-order valence-corrected chi connectivity index (χ4v) is 3.08. The van der Waals surface area contributed by atoms with Gasteiger partial charge in [0.25, 0.3) is 0 Å². The van der Waals surface area contributed by atoms with Gasteiger partial charge in [-0.1, -0.05) is 24.9 Å². The van der Waals surface area contributed by atoms with Gasteiger partial charge in [-0.15, -0.1) is 0 Å². The number of hydrogen-bond donors (Lipinski definition) is 1. The van der Waals surface area contributed by atoms with E-state index in [2.05, 4.69) is 11.9 Å². The molecule has 0 aliphatic carbocycles. The number of unbranched alkanes of at least 4 members (excludes halogenated alkanes) is 1. The highest BCUT2D eigenvalue weighted by Crippen LogP contribution is 2.24. The third-order valence-corrected chi connectivity index (χ3v) is 4.47. The van der Waals surface area contributed by atoms with Gasteiger partial charge < -0.3 is 4.74 Å². The van der Waals surface area contributed by atoms with Gasteiger partial charge in [-0.25, -0.2) is 18.5 Å². The Morgan fingerprint density at radius 3 is 2.90 bits per heavy atom. The lowest BCUT2D eigenvalue weighted by molar-refractivity contribution is 0.210. The Hall–Kier alpha value is -1.11. The van der Waals surface area contributed by atoms with Crippen LogP contribution < -0.4 is 5.14 Å². The molecule has 0 aromatic heterocycles. The standard InChI is InChI=1S/C13H17ClN2O3S/c1-2-3-4-10-8-16-13(19-10)9-5-6-11(14)12(7-9)20(15,17)18/h5-7,10H,2-4,8H2,1H3,(H2,15,17,18). The maximum Gasteiger partial charge on any atom is 0.239 e. The third kappa shape index (κ3) is 3.50. The van der Waals surface area contributed by atoms with Crippen molar-refractivity contribution in [1.29, 1.82) is 0 Å². The van der Waals surface area contributed by atoms with Crippen molar-refractivity contribution in [2.45, 2.75) is 37.2 Å². The second-order valence-electron chi connectivity index (χ2n) is 4.72. The van der Waals surface area contributed by atoms with Crippen LogP contribution >= 0.6 is 11.6 Å². The summed E-state index contributed by atoms with van der Waals surface area (Å²) in [6.45, 7) is 2.72. The number of ether oxygens (including phenoxy) is 1. The molecule has 1 aromatic carbocycles. The molecule has 110 valence electrons. The fraction of sp³-hybridized carbons (Fsp3) is 0.462. The van der Waals surface area contributed by atoms with Gasteiger partial charge in [0.15, 0.2) is 0 Å². The fourth-order valence-electron chi connectivity index (χ4n) is 2.01. The van der Waals surface area contributed by atoms with E-state index in [4.69, 9.17) is 21.5 Å². The SMILES string of the molecule is CCCCC1CN=C(c2ccc(Cl)c(S(N)(=O)=O)c2)O1. The van der Waals surface area contributed by atoms with Gasteiger partial charge in [0, 0.05) is 5.56 Å². The normalized spacial score (nSPS) is 18.8. The van der Waals surface area contributed by atoms with E-state index < -0.39 is 10.0 Å². The highest BCUT2D eigenvalue weighted by molar-refractivity contribution is 7.89. The van der Waals surface area contributed by atoms with Crippen molar-refractivity contribution in [3.05, 3.63) is 28.8 Å². The van der Waals surface area contributed by atoms with Crippen LogP contribution in [0.5, 0.6) is 0 Å². The summed E-state index contributed by atoms with van der Waals surface area (Å²) in [6, 6.07) is 4.57. The zero-order valence-corrected chi connectivity index (χ0v) is 12.7. The van der Waals surface area contributed by atoms with Crippen LogP contribution in [0.4, 0.5) is 0 Å². The Labute approximate surface area is 123 Å². The second-order valence-corrected chi connectivity index (χ2v) is 6.66. The number of rotatable bonds is 5. The van der Waals surface area contributed by atoms with E-state index in [0.29, 0.717) is 18.0 Å². The first kappa shape index (κ1) is 15.3. The summed E-state index contributed by atoms with van der Waals surface area (Å²) in [5.74, 6) is 0.452. The smallest absolute Gasteiger partial charge is 0.239 e. The minimum atomic E-state index is -3.86. The molecule has 5 nitrogen and oxygen atoms in total. The number of hydrogen-bond acceptors (Lipinski definition) is 4. The summed E-state index contributed by atoms with van der Waals surface area (Å²) >= 11 is 5.84. The van der Waals surface area contributed by atoms with E-state index in [1.54, 1.807) is 6.07 Å². The number of aliphatic imine (C=N–C) groups is 1. The first-order chi connectivity index (χ1) is 9.41. The maximum atomic E-state index is 11.4. The van der Waals surface area contributed by atoms with Gasteiger partial charge >= 0.3 is 0 Å². The monoisotopic (exact) mass is 316 g/mol. The second kappa shape index (κ2) is 6.11. The quantitative estimate of drug-likeness (QED) is 0.905. The Kier molecular flexibility index (Phi) is 4.67. The topological polar surface area (TPSA) is 81.8 Å². The maximum absolute atomic E-state index is 11.4. The molecule has 1 heterocycles. The highest BCUT2D eigenvalue weighted by atomic mass is 35.5. The molecule has 0 spiro atoms. The average molecular weight is 317 g/mol. The first-order valence-corrected chi connectivity index (χ1v) is 8.38. The van der Waals surface area contributed by atoms with Crippen LogP contribution in [0.1, 0.15) is 31.7 Å². The van der Waals surface area contributed by atoms with Crippen LogP contribution in [-0.4, -0.2) is 27.0 Å². The van der Waals surface area contributed by atoms with Crippen molar-refractivity contribution < 1.29 is 13.2 Å². The third-order valence-electron chi connectivity index (χ3n) is 3.08. The molecule has 1 aliphatic heterocycles. The predicted octanol–water partition coefficient (Wildman–Crippen LogP) is 2.32. The highest BCUT2D eigenvalue weighted by Gasteiger charge is 2.22. The van der Waals surface area contributed by atoms with Crippen molar-refractivity contribution in [2.75, 3.05) is 6.54 Å². The van der Waals surface area contributed by atoms with Gasteiger partial charge in [0.1, 0.15) is 11.0 Å². The lowest BCUT2D eigenvalue weighted by Gasteiger charge is -2.11. The minimum Gasteiger partial charge on any atom is -0.472 e. The summed E-state index contributed by atoms with van der Waals surface area (Å²) in [5.41, 5.74) is 0.581. The number of primary sulfonamides is 1. The molecule has 0 saturated carbocycles. The van der Waals surface area contributed by atoms with Gasteiger partial charge in [-0.3, -0.25) is 0 Å². The predicted molar refractivity (Wildman–Crippen MR) is 78.6 cm³/mol. The number of sulfonamides is 1. The summed E-state index contributed by atoms with van der Waals surface area (Å²) < 4.78 is 28.6. The number of halogens is 1. The molecule has 1 aromatic rings. The summed E-state index contributed by atoms with van der Waals surface area (Å²) in [6.07, 6.45) is 3.19. The Morgan fingerprint density at radius 2 is 2.25 bits per heavy atom. The molecule has 1 aliphatic rings. The van der Waals surface area contributed by atoms with Gasteiger partial charge in [0.05, 0.1) is 11.6 Å². The van der Waals surface area contributed by atoms with E-state index in [1.165, 1.54) is 12.1 Å². The first-order valence-electron chi connectivity index (χ1n) is 6.45. The summed E-state index contributed by atoms with van der Waals surface area (Å²) in [7, 11) is -3.86. The van der Waals surface area contributed by atoms with Crippen LogP contribution in [0.15, 0.2) is 28.1 Å². The lowest BCUT2D eigenvalue weighted by Crippen LogP contribution is -2.15. The van der Waals surface area contributed by atoms with Crippen molar-refractivity contribution in [3.8, 4) is 0 Å². The molecule has 7 heteroatoms. The number of nitrogens with two attached hydrogens (primary N) is 1. The van der Waals surface area contributed by atoms with E-state index in [1.807, 2.05) is 0 Å². The lowest BCUT2D eigenvalue weighted by atomic mass is 10.2. The minimum absolute atomic E-state index is 0.0681. The van der Waals surface area contributed by atoms with Crippen LogP contribution in [0.3, 0.4) is 0 Å². The van der Waals surface area contributed by atoms with E-state index in [9.17, 15) is 8.42 Å². The zero-order chi connectivity index (χ0) is 14.8. The molecule has 20 heavy (non-hydrogen) atoms. The van der Waals surface area contributed by atoms with Crippen molar-refractivity contribution in [3.63, 3.8) is 0 Å². The van der Waals surface area contributed by atoms with Crippen molar-refractivity contribution >= 4 is 27.5 Å². The zero-order valence-electron chi connectivity index (χ0n) is 11.2. The molecule has 1 unspecified atom stereocenters. The molecule has 1 atom stereocenters. The molecule has 0 fully saturated rings. The Bertz CT molecular complexity index is 629. The molecule has 2 rings (SSSR count). The Balaban J connectivity index is 2.19. The van der Waals surface area contributed by atoms with Crippen LogP contribution in [0.2, 0.25) is 5.02 Å². The molecular weight excluding hydrogens is 300 g/mol. The summed E-state index contributed by atoms with van der Waals surface area (Å²) in [5, 5.41) is 5.22. The van der Waals surface area contributed by atoms with Crippen LogP contribution in [0, 0.1) is 0 Å². The summed E-state index contributed by atoms with van der Waals surface area (Å²) in [4.78, 5) is 4.20. The van der Waals surface area contributed by atoms with E-state index in [-0.39, 0.29) is 16.0 Å². The van der Waals surface area contributed by atoms with Gasteiger partial charge in [0.2, 0.25) is 15.9 Å². The number of nitrogens with zero attached hydrogens (tertiary/aromatic N) is 1. The molecule has 0 amide bonds. The van der Waals surface area contributed by atoms with Gasteiger partial charge in [-0.05, 0) is 31.0 Å². The molecule has 0 bridgehead atoms. The van der Waals surface area contributed by atoms with Crippen molar-refractivity contribution in [1.82, 2.24) is 0 Å². The van der Waals surface area contributed by atoms with Crippen molar-refractivity contribution in [2.24, 2.45) is 10.1 Å². The number of benzene rings is 1. The van der Waals surface area contributed by atoms with Crippen LogP contribution in [0.25, 0.3) is 0 Å². The largest absolute Gasteiger partial charge is 0.472 e. The van der Waals surface area contributed by atoms with Gasteiger partial charge in [-0.2, -0.15) is 0 Å². The van der Waals surface area contributed by atoms with E-state index in [0.717, 1.165) is 19.3 Å². The molecule has 2 N–H and O–H groups in total. The van der Waals surface area contributed by atoms with Crippen LogP contribution in [-0.2, 0) is 14.8 Å². The Morgan fingerprint density at radius 1 is 1.50 bits per heavy atom. The van der Waals surface area contributed by atoms with E-state index >= 15 is 0 Å².